The van der Waals surface area contributed by atoms with Crippen molar-refractivity contribution in [2.75, 3.05) is 7.11 Å². The minimum atomic E-state index is 0.855. The smallest absolute Gasteiger partial charge is 0.137 e. The average Bonchev–Trinajstić information content (AvgIpc) is 2.05. The fraction of sp³-hybridized carbons (Fsp3) is 0.556. The molecule has 0 fully saturated rings. The Morgan fingerprint density at radius 1 is 1.55 bits per heavy atom. The van der Waals surface area contributed by atoms with Crippen molar-refractivity contribution < 1.29 is 4.74 Å². The summed E-state index contributed by atoms with van der Waals surface area (Å²) in [5.41, 5.74) is 8.02. The summed E-state index contributed by atoms with van der Waals surface area (Å²) in [4.78, 5) is 0. The molecule has 0 radical (unpaired) electrons. The van der Waals surface area contributed by atoms with Gasteiger partial charge < -0.3 is 10.5 Å². The summed E-state index contributed by atoms with van der Waals surface area (Å²) in [6.45, 7) is 2.15. The Morgan fingerprint density at radius 3 is 2.82 bits per heavy atom. The first-order valence-corrected chi connectivity index (χ1v) is 4.00. The van der Waals surface area contributed by atoms with Gasteiger partial charge in [0.25, 0.3) is 0 Å². The van der Waals surface area contributed by atoms with Crippen molar-refractivity contribution >= 4 is 0 Å². The van der Waals surface area contributed by atoms with Crippen LogP contribution in [0.15, 0.2) is 23.1 Å². The van der Waals surface area contributed by atoms with Gasteiger partial charge in [-0.2, -0.15) is 0 Å². The fourth-order valence-corrected chi connectivity index (χ4v) is 1.24. The summed E-state index contributed by atoms with van der Waals surface area (Å²) in [6, 6.07) is 0. The third-order valence-electron chi connectivity index (χ3n) is 2.04. The second-order valence-electron chi connectivity index (χ2n) is 2.75. The third-order valence-corrected chi connectivity index (χ3v) is 2.04. The van der Waals surface area contributed by atoms with E-state index in [9.17, 15) is 0 Å². The van der Waals surface area contributed by atoms with Gasteiger partial charge in [0.2, 0.25) is 0 Å². The van der Waals surface area contributed by atoms with Crippen molar-refractivity contribution in [3.63, 3.8) is 0 Å². The summed E-state index contributed by atoms with van der Waals surface area (Å²) >= 11 is 0. The zero-order valence-electron chi connectivity index (χ0n) is 7.18. The van der Waals surface area contributed by atoms with Crippen LogP contribution in [0, 0.1) is 0 Å². The van der Waals surface area contributed by atoms with Crippen LogP contribution in [-0.2, 0) is 4.74 Å². The van der Waals surface area contributed by atoms with Crippen LogP contribution >= 0.6 is 0 Å². The van der Waals surface area contributed by atoms with Crippen molar-refractivity contribution in [3.8, 4) is 0 Å². The van der Waals surface area contributed by atoms with Gasteiger partial charge in [-0.3, -0.25) is 0 Å². The Balaban J connectivity index is 2.78. The number of nitrogens with two attached hydrogens (primary N) is 1. The molecular weight excluding hydrogens is 138 g/mol. The topological polar surface area (TPSA) is 35.2 Å². The molecule has 11 heavy (non-hydrogen) atoms. The predicted octanol–water partition coefficient (Wildman–Crippen LogP) is 1.93. The summed E-state index contributed by atoms with van der Waals surface area (Å²) in [7, 11) is 1.66. The molecule has 1 aliphatic rings. The lowest BCUT2D eigenvalue weighted by Crippen LogP contribution is -2.07. The van der Waals surface area contributed by atoms with Gasteiger partial charge in [0.15, 0.2) is 0 Å². The van der Waals surface area contributed by atoms with Crippen LogP contribution in [0.4, 0.5) is 0 Å². The number of hydrogen-bond donors (Lipinski definition) is 1. The van der Waals surface area contributed by atoms with Crippen LogP contribution in [0.2, 0.25) is 0 Å². The Labute approximate surface area is 67.7 Å². The monoisotopic (exact) mass is 153 g/mol. The summed E-state index contributed by atoms with van der Waals surface area (Å²) < 4.78 is 5.11. The van der Waals surface area contributed by atoms with Crippen molar-refractivity contribution in [2.45, 2.75) is 26.2 Å². The molecule has 0 spiro atoms. The van der Waals surface area contributed by atoms with Crippen molar-refractivity contribution in [2.24, 2.45) is 5.73 Å². The van der Waals surface area contributed by atoms with Gasteiger partial charge in [-0.05, 0) is 25.3 Å². The molecule has 2 N–H and O–H groups in total. The first-order valence-electron chi connectivity index (χ1n) is 4.00. The van der Waals surface area contributed by atoms with E-state index < -0.39 is 0 Å². The Hall–Kier alpha value is -0.920. The minimum absolute atomic E-state index is 0.855. The number of ether oxygens (including phenoxy) is 1. The molecule has 0 atom stereocenters. The molecule has 0 amide bonds. The summed E-state index contributed by atoms with van der Waals surface area (Å²) in [5, 5.41) is 0. The van der Waals surface area contributed by atoms with Gasteiger partial charge in [-0.25, -0.2) is 0 Å². The zero-order valence-corrected chi connectivity index (χ0v) is 7.18. The predicted molar refractivity (Wildman–Crippen MR) is 45.8 cm³/mol. The largest absolute Gasteiger partial charge is 0.495 e. The molecule has 0 aromatic rings. The van der Waals surface area contributed by atoms with E-state index in [1.54, 1.807) is 7.11 Å². The Morgan fingerprint density at radius 2 is 2.27 bits per heavy atom. The normalized spacial score (nSPS) is 18.2. The van der Waals surface area contributed by atoms with E-state index in [1.165, 1.54) is 5.57 Å². The van der Waals surface area contributed by atoms with Crippen LogP contribution in [0.1, 0.15) is 26.2 Å². The molecule has 1 aliphatic carbocycles. The maximum atomic E-state index is 5.72. The fourth-order valence-electron chi connectivity index (χ4n) is 1.24. The standard InChI is InChI=1S/C9H15NO/c1-3-7-4-5-8(10)9(6-7)11-2/h6H,3-5,10H2,1-2H3. The van der Waals surface area contributed by atoms with Crippen LogP contribution in [-0.4, -0.2) is 7.11 Å². The molecule has 62 valence electrons. The quantitative estimate of drug-likeness (QED) is 0.658. The molecule has 0 aromatic heterocycles. The van der Waals surface area contributed by atoms with Gasteiger partial charge >= 0.3 is 0 Å². The van der Waals surface area contributed by atoms with E-state index in [0.29, 0.717) is 0 Å². The van der Waals surface area contributed by atoms with Gasteiger partial charge in [0.1, 0.15) is 5.76 Å². The van der Waals surface area contributed by atoms with E-state index in [1.807, 2.05) is 0 Å². The second-order valence-corrected chi connectivity index (χ2v) is 2.75. The molecule has 1 rings (SSSR count). The lowest BCUT2D eigenvalue weighted by Gasteiger charge is -2.15. The molecular formula is C9H15NO. The molecule has 2 heteroatoms. The van der Waals surface area contributed by atoms with Gasteiger partial charge in [-0.1, -0.05) is 12.5 Å². The highest BCUT2D eigenvalue weighted by atomic mass is 16.5. The number of methoxy groups -OCH3 is 1. The van der Waals surface area contributed by atoms with E-state index in [0.717, 1.165) is 30.7 Å². The maximum Gasteiger partial charge on any atom is 0.137 e. The second kappa shape index (κ2) is 3.46. The van der Waals surface area contributed by atoms with Crippen LogP contribution in [0.5, 0.6) is 0 Å². The Kier molecular flexibility index (Phi) is 2.58. The Bertz CT molecular complexity index is 204. The third kappa shape index (κ3) is 1.76. The molecule has 0 aromatic carbocycles. The first kappa shape index (κ1) is 8.18. The van der Waals surface area contributed by atoms with Crippen LogP contribution in [0.25, 0.3) is 0 Å². The van der Waals surface area contributed by atoms with E-state index in [4.69, 9.17) is 10.5 Å². The van der Waals surface area contributed by atoms with Crippen molar-refractivity contribution in [1.82, 2.24) is 0 Å². The highest BCUT2D eigenvalue weighted by Crippen LogP contribution is 2.22. The average molecular weight is 153 g/mol. The molecule has 0 heterocycles. The van der Waals surface area contributed by atoms with Gasteiger partial charge in [0, 0.05) is 0 Å². The van der Waals surface area contributed by atoms with E-state index in [2.05, 4.69) is 13.0 Å². The maximum absolute atomic E-state index is 5.72. The van der Waals surface area contributed by atoms with Gasteiger partial charge in [0.05, 0.1) is 12.8 Å². The lowest BCUT2D eigenvalue weighted by atomic mass is 10.00. The highest BCUT2D eigenvalue weighted by Gasteiger charge is 2.09. The van der Waals surface area contributed by atoms with Gasteiger partial charge in [-0.15, -0.1) is 0 Å². The molecule has 0 saturated heterocycles. The molecule has 0 saturated carbocycles. The zero-order chi connectivity index (χ0) is 8.27. The lowest BCUT2D eigenvalue weighted by molar-refractivity contribution is 0.297. The first-order chi connectivity index (χ1) is 5.27. The highest BCUT2D eigenvalue weighted by molar-refractivity contribution is 5.27. The van der Waals surface area contributed by atoms with Crippen LogP contribution in [0.3, 0.4) is 0 Å². The van der Waals surface area contributed by atoms with Crippen molar-refractivity contribution in [3.05, 3.63) is 23.1 Å². The molecule has 0 aliphatic heterocycles. The van der Waals surface area contributed by atoms with Crippen molar-refractivity contribution in [1.29, 1.82) is 0 Å². The molecule has 2 nitrogen and oxygen atoms in total. The SMILES string of the molecule is CCC1=CC(OC)=C(N)CC1. The minimum Gasteiger partial charge on any atom is -0.495 e. The number of allylic oxidation sites excluding steroid dienone is 3. The number of rotatable bonds is 2. The van der Waals surface area contributed by atoms with E-state index >= 15 is 0 Å². The van der Waals surface area contributed by atoms with E-state index in [-0.39, 0.29) is 0 Å². The molecule has 0 unspecified atom stereocenters. The summed E-state index contributed by atoms with van der Waals surface area (Å²) in [6.07, 6.45) is 5.19. The molecule has 0 bridgehead atoms. The summed E-state index contributed by atoms with van der Waals surface area (Å²) in [5.74, 6) is 0.855. The number of hydrogen-bond acceptors (Lipinski definition) is 2. The van der Waals surface area contributed by atoms with Crippen LogP contribution < -0.4 is 5.73 Å².